The molecule has 1 aromatic heterocycles. The van der Waals surface area contributed by atoms with Crippen molar-refractivity contribution >= 4 is 32.9 Å². The van der Waals surface area contributed by atoms with Crippen LogP contribution in [0.2, 0.25) is 0 Å². The maximum absolute atomic E-state index is 13.6. The molecule has 2 aromatic carbocycles. The van der Waals surface area contributed by atoms with Gasteiger partial charge in [0.2, 0.25) is 5.95 Å². The van der Waals surface area contributed by atoms with E-state index in [1.54, 1.807) is 10.6 Å². The van der Waals surface area contributed by atoms with Crippen molar-refractivity contribution in [2.45, 2.75) is 0 Å². The van der Waals surface area contributed by atoms with Gasteiger partial charge in [0.15, 0.2) is 0 Å². The molecule has 0 bridgehead atoms. The number of imidazole rings is 1. The maximum atomic E-state index is 13.6. The van der Waals surface area contributed by atoms with Gasteiger partial charge in [0.05, 0.1) is 15.5 Å². The zero-order valence-electron chi connectivity index (χ0n) is 9.27. The van der Waals surface area contributed by atoms with E-state index in [4.69, 9.17) is 5.73 Å². The van der Waals surface area contributed by atoms with E-state index >= 15 is 0 Å². The third kappa shape index (κ3) is 1.67. The van der Waals surface area contributed by atoms with Gasteiger partial charge in [-0.15, -0.1) is 0 Å². The van der Waals surface area contributed by atoms with Crippen molar-refractivity contribution in [3.63, 3.8) is 0 Å². The molecule has 90 valence electrons. The number of anilines is 1. The van der Waals surface area contributed by atoms with Crippen LogP contribution in [0.4, 0.5) is 10.3 Å². The minimum Gasteiger partial charge on any atom is -0.369 e. The van der Waals surface area contributed by atoms with Crippen LogP contribution < -0.4 is 5.73 Å². The van der Waals surface area contributed by atoms with Crippen LogP contribution in [0.5, 0.6) is 0 Å². The number of fused-ring (bicyclic) bond motifs is 1. The number of nitrogens with two attached hydrogens (primary N) is 1. The van der Waals surface area contributed by atoms with Crippen molar-refractivity contribution in [1.29, 1.82) is 0 Å². The molecule has 0 aliphatic rings. The zero-order chi connectivity index (χ0) is 12.7. The van der Waals surface area contributed by atoms with Crippen molar-refractivity contribution in [3.8, 4) is 5.69 Å². The van der Waals surface area contributed by atoms with Crippen molar-refractivity contribution < 1.29 is 4.39 Å². The van der Waals surface area contributed by atoms with E-state index in [-0.39, 0.29) is 5.82 Å². The lowest BCUT2D eigenvalue weighted by atomic mass is 10.2. The zero-order valence-corrected chi connectivity index (χ0v) is 10.9. The van der Waals surface area contributed by atoms with Gasteiger partial charge in [-0.1, -0.05) is 18.2 Å². The fraction of sp³-hybridized carbons (Fsp3) is 0. The molecule has 5 heteroatoms. The van der Waals surface area contributed by atoms with Crippen LogP contribution in [0.1, 0.15) is 0 Å². The Kier molecular flexibility index (Phi) is 2.56. The van der Waals surface area contributed by atoms with Crippen LogP contribution in [-0.4, -0.2) is 9.55 Å². The summed E-state index contributed by atoms with van der Waals surface area (Å²) < 4.78 is 15.7. The van der Waals surface area contributed by atoms with E-state index in [1.807, 2.05) is 30.3 Å². The Hall–Kier alpha value is -1.88. The molecule has 0 aliphatic heterocycles. The first kappa shape index (κ1) is 11.2. The molecule has 1 heterocycles. The lowest BCUT2D eigenvalue weighted by Gasteiger charge is -2.06. The van der Waals surface area contributed by atoms with Crippen molar-refractivity contribution in [2.75, 3.05) is 5.73 Å². The molecule has 2 N–H and O–H groups in total. The third-order valence-corrected chi connectivity index (χ3v) is 3.34. The summed E-state index contributed by atoms with van der Waals surface area (Å²) in [5.41, 5.74) is 8.07. The summed E-state index contributed by atoms with van der Waals surface area (Å²) in [5, 5.41) is 0. The average Bonchev–Trinajstić information content (AvgIpc) is 2.66. The molecule has 3 nitrogen and oxygen atoms in total. The topological polar surface area (TPSA) is 43.8 Å². The number of nitrogen functional groups attached to an aromatic ring is 1. The number of hydrogen-bond acceptors (Lipinski definition) is 2. The summed E-state index contributed by atoms with van der Waals surface area (Å²) in [7, 11) is 0. The fourth-order valence-corrected chi connectivity index (χ4v) is 2.27. The number of halogens is 2. The maximum Gasteiger partial charge on any atom is 0.205 e. The van der Waals surface area contributed by atoms with Crippen LogP contribution in [0.3, 0.4) is 0 Å². The molecule has 0 amide bonds. The highest BCUT2D eigenvalue weighted by Gasteiger charge is 2.12. The van der Waals surface area contributed by atoms with E-state index in [1.165, 1.54) is 6.07 Å². The van der Waals surface area contributed by atoms with Crippen LogP contribution in [0, 0.1) is 5.82 Å². The highest BCUT2D eigenvalue weighted by Crippen LogP contribution is 2.27. The van der Waals surface area contributed by atoms with E-state index in [9.17, 15) is 4.39 Å². The predicted octanol–water partition coefficient (Wildman–Crippen LogP) is 3.51. The number of para-hydroxylation sites is 1. The van der Waals surface area contributed by atoms with Gasteiger partial charge in [0, 0.05) is 11.8 Å². The quantitative estimate of drug-likeness (QED) is 0.747. The van der Waals surface area contributed by atoms with Gasteiger partial charge < -0.3 is 5.73 Å². The van der Waals surface area contributed by atoms with Crippen LogP contribution >= 0.6 is 15.9 Å². The lowest BCUT2D eigenvalue weighted by molar-refractivity contribution is 0.622. The van der Waals surface area contributed by atoms with Crippen molar-refractivity contribution in [3.05, 3.63) is 52.8 Å². The Morgan fingerprint density at radius 2 is 1.89 bits per heavy atom. The Bertz CT molecular complexity index is 722. The van der Waals surface area contributed by atoms with Crippen molar-refractivity contribution in [1.82, 2.24) is 9.55 Å². The number of rotatable bonds is 1. The highest BCUT2D eigenvalue weighted by atomic mass is 79.9. The van der Waals surface area contributed by atoms with E-state index in [0.717, 1.165) is 5.69 Å². The number of nitrogens with zero attached hydrogens (tertiary/aromatic N) is 2. The number of aromatic nitrogens is 2. The first-order valence-corrected chi connectivity index (χ1v) is 6.14. The smallest absolute Gasteiger partial charge is 0.205 e. The summed E-state index contributed by atoms with van der Waals surface area (Å²) in [4.78, 5) is 4.24. The highest BCUT2D eigenvalue weighted by molar-refractivity contribution is 9.10. The Morgan fingerprint density at radius 3 is 2.61 bits per heavy atom. The van der Waals surface area contributed by atoms with Crippen LogP contribution in [-0.2, 0) is 0 Å². The van der Waals surface area contributed by atoms with Crippen LogP contribution in [0.25, 0.3) is 16.7 Å². The molecule has 18 heavy (non-hydrogen) atoms. The van der Waals surface area contributed by atoms with E-state index < -0.39 is 0 Å². The Morgan fingerprint density at radius 1 is 1.17 bits per heavy atom. The molecule has 0 saturated heterocycles. The molecular weight excluding hydrogens is 297 g/mol. The lowest BCUT2D eigenvalue weighted by Crippen LogP contribution is -2.00. The first-order valence-electron chi connectivity index (χ1n) is 5.35. The van der Waals surface area contributed by atoms with Crippen molar-refractivity contribution in [2.24, 2.45) is 0 Å². The van der Waals surface area contributed by atoms with Gasteiger partial charge in [0.1, 0.15) is 5.82 Å². The summed E-state index contributed by atoms with van der Waals surface area (Å²) in [6, 6.07) is 12.6. The monoisotopic (exact) mass is 305 g/mol. The molecule has 0 fully saturated rings. The van der Waals surface area contributed by atoms with Gasteiger partial charge in [-0.25, -0.2) is 9.37 Å². The molecular formula is C13H9BrFN3. The number of benzene rings is 2. The summed E-state index contributed by atoms with van der Waals surface area (Å²) in [6.07, 6.45) is 0. The van der Waals surface area contributed by atoms with Gasteiger partial charge in [-0.05, 0) is 34.1 Å². The largest absolute Gasteiger partial charge is 0.369 e. The van der Waals surface area contributed by atoms with Gasteiger partial charge >= 0.3 is 0 Å². The molecule has 0 atom stereocenters. The van der Waals surface area contributed by atoms with Crippen LogP contribution in [0.15, 0.2) is 46.9 Å². The van der Waals surface area contributed by atoms with Gasteiger partial charge in [-0.2, -0.15) is 0 Å². The molecule has 0 aliphatic carbocycles. The molecule has 0 radical (unpaired) electrons. The normalized spacial score (nSPS) is 11.0. The Balaban J connectivity index is 2.36. The first-order chi connectivity index (χ1) is 8.66. The summed E-state index contributed by atoms with van der Waals surface area (Å²) >= 11 is 3.14. The minimum atomic E-state index is -0.334. The fourth-order valence-electron chi connectivity index (χ4n) is 1.94. The van der Waals surface area contributed by atoms with E-state index in [2.05, 4.69) is 20.9 Å². The Labute approximate surface area is 111 Å². The second kappa shape index (κ2) is 4.10. The predicted molar refractivity (Wildman–Crippen MR) is 73.1 cm³/mol. The summed E-state index contributed by atoms with van der Waals surface area (Å²) in [6.45, 7) is 0. The minimum absolute atomic E-state index is 0.334. The standard InChI is InChI=1S/C13H9BrFN3/c14-9-6-11-12(7-10(9)15)18(13(16)17-11)8-4-2-1-3-5-8/h1-7H,(H2,16,17). The van der Waals surface area contributed by atoms with E-state index in [0.29, 0.717) is 21.5 Å². The molecule has 0 spiro atoms. The molecule has 3 aromatic rings. The number of hydrogen-bond donors (Lipinski definition) is 1. The van der Waals surface area contributed by atoms with Gasteiger partial charge in [-0.3, -0.25) is 4.57 Å². The third-order valence-electron chi connectivity index (χ3n) is 2.74. The second-order valence-electron chi connectivity index (χ2n) is 3.90. The second-order valence-corrected chi connectivity index (χ2v) is 4.75. The molecule has 3 rings (SSSR count). The van der Waals surface area contributed by atoms with Gasteiger partial charge in [0.25, 0.3) is 0 Å². The molecule has 0 saturated carbocycles. The summed E-state index contributed by atoms with van der Waals surface area (Å²) in [5.74, 6) is 0.00767. The SMILES string of the molecule is Nc1nc2cc(Br)c(F)cc2n1-c1ccccc1. The average molecular weight is 306 g/mol. The molecule has 0 unspecified atom stereocenters.